The predicted molar refractivity (Wildman–Crippen MR) is 145 cm³/mol. The molecule has 35 heavy (non-hydrogen) atoms. The van der Waals surface area contributed by atoms with Crippen LogP contribution in [0.2, 0.25) is 0 Å². The number of aldehydes is 2. The normalized spacial score (nSPS) is 14.2. The first-order valence-electron chi connectivity index (χ1n) is 14.3. The van der Waals surface area contributed by atoms with Crippen molar-refractivity contribution in [1.29, 1.82) is 0 Å². The van der Waals surface area contributed by atoms with E-state index in [1.54, 1.807) is 0 Å². The monoisotopic (exact) mass is 494 g/mol. The highest BCUT2D eigenvalue weighted by atomic mass is 16.7. The molecule has 0 N–H and O–H groups in total. The Labute approximate surface area is 216 Å². The van der Waals surface area contributed by atoms with Crippen molar-refractivity contribution >= 4 is 12.6 Å². The minimum Gasteiger partial charge on any atom is -0.347 e. The Balaban J connectivity index is 4.54. The fourth-order valence-corrected chi connectivity index (χ4v) is 4.06. The minimum absolute atomic E-state index is 0.0583. The van der Waals surface area contributed by atoms with Gasteiger partial charge in [0.25, 0.3) is 0 Å². The number of ether oxygens (including phenoxy) is 3. The Morgan fingerprint density at radius 3 is 1.31 bits per heavy atom. The molecule has 0 aromatic carbocycles. The minimum atomic E-state index is -0.252. The van der Waals surface area contributed by atoms with Gasteiger partial charge in [-0.1, -0.05) is 104 Å². The zero-order chi connectivity index (χ0) is 26.0. The molecule has 5 nitrogen and oxygen atoms in total. The van der Waals surface area contributed by atoms with E-state index in [9.17, 15) is 9.59 Å². The first-order chi connectivity index (χ1) is 17.2. The van der Waals surface area contributed by atoms with Crippen LogP contribution in [-0.2, 0) is 23.8 Å². The largest absolute Gasteiger partial charge is 0.347 e. The van der Waals surface area contributed by atoms with Gasteiger partial charge in [0, 0.05) is 11.1 Å². The summed E-state index contributed by atoms with van der Waals surface area (Å²) in [6.45, 7) is 8.70. The highest BCUT2D eigenvalue weighted by Gasteiger charge is 2.16. The van der Waals surface area contributed by atoms with E-state index in [0.29, 0.717) is 11.1 Å². The summed E-state index contributed by atoms with van der Waals surface area (Å²) >= 11 is 0. The summed E-state index contributed by atoms with van der Waals surface area (Å²) in [5.74, 6) is 0. The van der Waals surface area contributed by atoms with Crippen molar-refractivity contribution < 1.29 is 23.8 Å². The summed E-state index contributed by atoms with van der Waals surface area (Å²) in [7, 11) is 0. The van der Waals surface area contributed by atoms with Crippen LogP contribution in [0.3, 0.4) is 0 Å². The van der Waals surface area contributed by atoms with Gasteiger partial charge in [-0.2, -0.15) is 0 Å². The molecule has 0 aliphatic heterocycles. The van der Waals surface area contributed by atoms with Crippen LogP contribution in [0.15, 0.2) is 23.3 Å². The lowest BCUT2D eigenvalue weighted by molar-refractivity contribution is -0.156. The van der Waals surface area contributed by atoms with Gasteiger partial charge < -0.3 is 14.2 Å². The molecule has 0 heterocycles. The lowest BCUT2D eigenvalue weighted by Gasteiger charge is -2.20. The second kappa shape index (κ2) is 25.8. The van der Waals surface area contributed by atoms with Crippen molar-refractivity contribution in [3.05, 3.63) is 23.3 Å². The highest BCUT2D eigenvalue weighted by Crippen LogP contribution is 2.16. The molecule has 0 bridgehead atoms. The second-order valence-corrected chi connectivity index (χ2v) is 9.38. The van der Waals surface area contributed by atoms with Crippen molar-refractivity contribution in [2.24, 2.45) is 0 Å². The Morgan fingerprint density at radius 2 is 0.971 bits per heavy atom. The molecular weight excluding hydrogens is 440 g/mol. The Morgan fingerprint density at radius 1 is 0.571 bits per heavy atom. The quantitative estimate of drug-likeness (QED) is 0.0524. The number of carbonyl (C=O) groups excluding carboxylic acids is 2. The van der Waals surface area contributed by atoms with E-state index in [1.807, 2.05) is 12.2 Å². The number of unbranched alkanes of at least 4 members (excludes halogenated alkanes) is 10. The van der Waals surface area contributed by atoms with E-state index in [2.05, 4.69) is 27.7 Å². The zero-order valence-electron chi connectivity index (χ0n) is 23.2. The van der Waals surface area contributed by atoms with Crippen LogP contribution in [-0.4, -0.2) is 38.4 Å². The molecule has 0 saturated heterocycles. The van der Waals surface area contributed by atoms with E-state index >= 15 is 0 Å². The molecule has 0 fully saturated rings. The Hall–Kier alpha value is -1.30. The van der Waals surface area contributed by atoms with Crippen molar-refractivity contribution in [2.75, 3.05) is 13.6 Å². The highest BCUT2D eigenvalue weighted by molar-refractivity contribution is 5.75. The van der Waals surface area contributed by atoms with E-state index < -0.39 is 0 Å². The molecule has 0 radical (unpaired) electrons. The molecule has 0 saturated carbocycles. The first-order valence-corrected chi connectivity index (χ1v) is 14.3. The molecule has 0 aromatic rings. The fraction of sp³-hybridized carbons (Fsp3) is 0.800. The lowest BCUT2D eigenvalue weighted by atomic mass is 10.0. The van der Waals surface area contributed by atoms with Crippen molar-refractivity contribution in [1.82, 2.24) is 0 Å². The summed E-state index contributed by atoms with van der Waals surface area (Å²) < 4.78 is 17.4. The molecule has 0 aliphatic carbocycles. The predicted octanol–water partition coefficient (Wildman–Crippen LogP) is 8.26. The van der Waals surface area contributed by atoms with Gasteiger partial charge in [-0.15, -0.1) is 0 Å². The van der Waals surface area contributed by atoms with Crippen LogP contribution in [0.1, 0.15) is 130 Å². The fourth-order valence-electron chi connectivity index (χ4n) is 4.06. The summed E-state index contributed by atoms with van der Waals surface area (Å²) in [5, 5.41) is 0. The SMILES string of the molecule is CCCCCCCC=C(C=O)C(CCC)OCOCOC(CCC)C(C=O)=CCCCCCCC. The number of hydrogen-bond acceptors (Lipinski definition) is 5. The number of hydrogen-bond donors (Lipinski definition) is 0. The maximum absolute atomic E-state index is 11.7. The molecule has 5 heteroatoms. The van der Waals surface area contributed by atoms with Crippen molar-refractivity contribution in [3.8, 4) is 0 Å². The molecule has 2 unspecified atom stereocenters. The standard InChI is InChI=1S/C30H54O5/c1-5-9-11-13-15-17-21-27(23-31)29(19-7-3)34-25-33-26-35-30(20-8-4)28(24-32)22-18-16-14-12-10-6-2/h21-24,29-30H,5-20,25-26H2,1-4H3. The zero-order valence-corrected chi connectivity index (χ0v) is 23.2. The Bertz CT molecular complexity index is 507. The molecule has 204 valence electrons. The van der Waals surface area contributed by atoms with E-state index in [-0.39, 0.29) is 25.8 Å². The molecule has 0 aromatic heterocycles. The average Bonchev–Trinajstić information content (AvgIpc) is 2.87. The number of rotatable bonds is 26. The van der Waals surface area contributed by atoms with E-state index in [0.717, 1.165) is 63.9 Å². The summed E-state index contributed by atoms with van der Waals surface area (Å²) in [6.07, 6.45) is 22.7. The average molecular weight is 495 g/mol. The third kappa shape index (κ3) is 18.6. The van der Waals surface area contributed by atoms with Crippen LogP contribution in [0.25, 0.3) is 0 Å². The van der Waals surface area contributed by atoms with Gasteiger partial charge in [-0.25, -0.2) is 0 Å². The van der Waals surface area contributed by atoms with Gasteiger partial charge in [0.2, 0.25) is 0 Å². The molecule has 0 spiro atoms. The van der Waals surface area contributed by atoms with Gasteiger partial charge in [0.15, 0.2) is 0 Å². The third-order valence-corrected chi connectivity index (χ3v) is 6.20. The topological polar surface area (TPSA) is 61.8 Å². The summed E-state index contributed by atoms with van der Waals surface area (Å²) in [6, 6.07) is 0. The Kier molecular flexibility index (Phi) is 24.8. The molecular formula is C30H54O5. The van der Waals surface area contributed by atoms with Gasteiger partial charge in [0.05, 0.1) is 12.2 Å². The maximum atomic E-state index is 11.7. The smallest absolute Gasteiger partial charge is 0.150 e. The molecule has 0 amide bonds. The van der Waals surface area contributed by atoms with Crippen LogP contribution in [0.4, 0.5) is 0 Å². The van der Waals surface area contributed by atoms with Crippen LogP contribution in [0, 0.1) is 0 Å². The molecule has 2 atom stereocenters. The van der Waals surface area contributed by atoms with Gasteiger partial charge >= 0.3 is 0 Å². The molecule has 0 aliphatic rings. The summed E-state index contributed by atoms with van der Waals surface area (Å²) in [5.41, 5.74) is 1.42. The lowest BCUT2D eigenvalue weighted by Crippen LogP contribution is -2.22. The van der Waals surface area contributed by atoms with Crippen molar-refractivity contribution in [2.45, 2.75) is 143 Å². The van der Waals surface area contributed by atoms with Crippen LogP contribution < -0.4 is 0 Å². The van der Waals surface area contributed by atoms with Crippen molar-refractivity contribution in [3.63, 3.8) is 0 Å². The van der Waals surface area contributed by atoms with Gasteiger partial charge in [-0.3, -0.25) is 9.59 Å². The summed E-state index contributed by atoms with van der Waals surface area (Å²) in [4.78, 5) is 23.3. The van der Waals surface area contributed by atoms with Crippen LogP contribution >= 0.6 is 0 Å². The second-order valence-electron chi connectivity index (χ2n) is 9.38. The van der Waals surface area contributed by atoms with Crippen LogP contribution in [0.5, 0.6) is 0 Å². The van der Waals surface area contributed by atoms with Gasteiger partial charge in [-0.05, 0) is 38.5 Å². The molecule has 0 rings (SSSR count). The third-order valence-electron chi connectivity index (χ3n) is 6.20. The van der Waals surface area contributed by atoms with Gasteiger partial charge in [0.1, 0.15) is 26.2 Å². The number of allylic oxidation sites excluding steroid dienone is 2. The maximum Gasteiger partial charge on any atom is 0.150 e. The van der Waals surface area contributed by atoms with E-state index in [1.165, 1.54) is 51.4 Å². The number of carbonyl (C=O) groups is 2. The first kappa shape index (κ1) is 33.7. The van der Waals surface area contributed by atoms with E-state index in [4.69, 9.17) is 14.2 Å².